The molecule has 0 radical (unpaired) electrons. The molecular formula is C61H90N4O10. The summed E-state index contributed by atoms with van der Waals surface area (Å²) in [7, 11) is 0. The minimum absolute atomic E-state index is 0.243. The summed E-state index contributed by atoms with van der Waals surface area (Å²) in [5, 5.41) is 8.99. The number of anilines is 4. The van der Waals surface area contributed by atoms with Gasteiger partial charge in [-0.1, -0.05) is 60.3 Å². The quantitative estimate of drug-likeness (QED) is 0.0267. The molecule has 0 saturated carbocycles. The number of nitrogens with two attached hydrogens (primary N) is 1. The Morgan fingerprint density at radius 2 is 0.680 bits per heavy atom. The van der Waals surface area contributed by atoms with Crippen molar-refractivity contribution in [1.82, 2.24) is 0 Å². The molecule has 75 heavy (non-hydrogen) atoms. The van der Waals surface area contributed by atoms with Gasteiger partial charge in [-0.05, 0) is 161 Å². The van der Waals surface area contributed by atoms with Crippen molar-refractivity contribution in [3.63, 3.8) is 0 Å². The molecule has 5 N–H and O–H groups in total. The Morgan fingerprint density at radius 1 is 0.413 bits per heavy atom. The Bertz CT molecular complexity index is 2520. The Kier molecular flexibility index (Phi) is 23.3. The van der Waals surface area contributed by atoms with Crippen LogP contribution >= 0.6 is 0 Å². The number of unbranched alkanes of at least 4 members (excludes halogenated alkanes) is 4. The largest absolute Gasteiger partial charge is 0.493 e. The summed E-state index contributed by atoms with van der Waals surface area (Å²) in [5.41, 5.74) is 13.1. The number of hydrogen-bond donors (Lipinski definition) is 4. The molecule has 4 rings (SSSR count). The van der Waals surface area contributed by atoms with Gasteiger partial charge >= 0.3 is 18.3 Å². The zero-order chi connectivity index (χ0) is 55.5. The first kappa shape index (κ1) is 61.2. The van der Waals surface area contributed by atoms with Gasteiger partial charge in [0.15, 0.2) is 0 Å². The summed E-state index contributed by atoms with van der Waals surface area (Å²) < 4.78 is 44.1. The molecule has 4 aromatic rings. The van der Waals surface area contributed by atoms with E-state index in [1.165, 1.54) is 0 Å². The van der Waals surface area contributed by atoms with Crippen LogP contribution in [0.1, 0.15) is 193 Å². The second-order valence-electron chi connectivity index (χ2n) is 22.3. The zero-order valence-electron chi connectivity index (χ0n) is 48.1. The van der Waals surface area contributed by atoms with Crippen LogP contribution in [0, 0.1) is 6.92 Å². The summed E-state index contributed by atoms with van der Waals surface area (Å²) in [4.78, 5) is 40.5. The second kappa shape index (κ2) is 28.5. The predicted octanol–water partition coefficient (Wildman–Crippen LogP) is 15.7. The Morgan fingerprint density at radius 3 is 0.987 bits per heavy atom. The van der Waals surface area contributed by atoms with Crippen LogP contribution in [-0.2, 0) is 39.9 Å². The minimum Gasteiger partial charge on any atom is -0.493 e. The van der Waals surface area contributed by atoms with E-state index in [1.807, 2.05) is 118 Å². The van der Waals surface area contributed by atoms with E-state index >= 15 is 0 Å². The van der Waals surface area contributed by atoms with Gasteiger partial charge in [-0.15, -0.1) is 0 Å². The van der Waals surface area contributed by atoms with E-state index in [2.05, 4.69) is 50.6 Å². The Hall–Kier alpha value is -6.31. The van der Waals surface area contributed by atoms with Gasteiger partial charge in [0.2, 0.25) is 0 Å². The third-order valence-corrected chi connectivity index (χ3v) is 11.5. The molecule has 0 fully saturated rings. The maximum atomic E-state index is 13.7. The number of nitrogen functional groups attached to an aromatic ring is 1. The molecule has 0 aliphatic carbocycles. The number of carbonyl (C=O) groups excluding carboxylic acids is 3. The summed E-state index contributed by atoms with van der Waals surface area (Å²) in [5.74, 6) is 2.74. The van der Waals surface area contributed by atoms with E-state index in [0.717, 1.165) is 108 Å². The number of carbonyl (C=O) groups is 3. The third kappa shape index (κ3) is 20.7. The summed E-state index contributed by atoms with van der Waals surface area (Å²) in [6.45, 7) is 30.8. The fourth-order valence-electron chi connectivity index (χ4n) is 8.32. The molecule has 0 heterocycles. The number of benzene rings is 4. The first-order valence-corrected chi connectivity index (χ1v) is 27.2. The maximum absolute atomic E-state index is 13.7. The van der Waals surface area contributed by atoms with E-state index < -0.39 is 35.1 Å². The minimum atomic E-state index is -0.770. The molecule has 0 spiro atoms. The molecule has 14 nitrogen and oxygen atoms in total. The van der Waals surface area contributed by atoms with E-state index in [9.17, 15) is 14.4 Å². The first-order valence-electron chi connectivity index (χ1n) is 27.2. The molecule has 0 aromatic heterocycles. The Labute approximate surface area is 448 Å². The number of amides is 3. The van der Waals surface area contributed by atoms with Crippen molar-refractivity contribution < 1.29 is 47.5 Å². The topological polar surface area (TPSA) is 178 Å². The van der Waals surface area contributed by atoms with Crippen molar-refractivity contribution in [2.75, 3.05) is 48.1 Å². The van der Waals surface area contributed by atoms with Crippen LogP contribution in [0.25, 0.3) is 0 Å². The van der Waals surface area contributed by atoms with Crippen LogP contribution in [0.15, 0.2) is 48.5 Å². The lowest BCUT2D eigenvalue weighted by Crippen LogP contribution is -2.27. The van der Waals surface area contributed by atoms with Gasteiger partial charge in [0, 0.05) is 75.4 Å². The molecular weight excluding hydrogens is 949 g/mol. The zero-order valence-corrected chi connectivity index (χ0v) is 48.1. The lowest BCUT2D eigenvalue weighted by molar-refractivity contribution is 0.0624. The standard InChI is InChI=1S/C61H90N4O10/c1-16-21-25-69-52-40(6)29-49(63-56(66)73-59(7,8)9)35-43(52)31-45-37-51(65-58(68)75-61(13,14)15)39-47(55(45)72-28-24-19-4)32-46-38-50(64-57(67)74-60(10,11)12)36-44(54(46)71-27-23-18-3)30-42-34-48(62)33-41(20-5)53(42)70-26-22-17-2/h29,33-39H,16-28,30-32,62H2,1-15H3,(H,63,66)(H,64,67)(H,65,68). The fourth-order valence-corrected chi connectivity index (χ4v) is 8.32. The Balaban J connectivity index is 2.10. The molecule has 4 aromatic carbocycles. The molecule has 3 amide bonds. The monoisotopic (exact) mass is 1040 g/mol. The number of hydrogen-bond acceptors (Lipinski definition) is 11. The normalized spacial score (nSPS) is 11.7. The third-order valence-electron chi connectivity index (χ3n) is 11.5. The van der Waals surface area contributed by atoms with Gasteiger partial charge in [-0.3, -0.25) is 16.0 Å². The van der Waals surface area contributed by atoms with Gasteiger partial charge in [0.1, 0.15) is 39.8 Å². The van der Waals surface area contributed by atoms with E-state index in [-0.39, 0.29) is 12.8 Å². The lowest BCUT2D eigenvalue weighted by Gasteiger charge is -2.24. The highest BCUT2D eigenvalue weighted by atomic mass is 16.6. The van der Waals surface area contributed by atoms with E-state index in [1.54, 1.807) is 0 Å². The van der Waals surface area contributed by atoms with Crippen LogP contribution in [0.3, 0.4) is 0 Å². The number of aryl methyl sites for hydroxylation is 2. The highest BCUT2D eigenvalue weighted by Gasteiger charge is 2.26. The van der Waals surface area contributed by atoms with Gasteiger partial charge in [-0.2, -0.15) is 0 Å². The predicted molar refractivity (Wildman–Crippen MR) is 304 cm³/mol. The molecule has 14 heteroatoms. The van der Waals surface area contributed by atoms with Crippen molar-refractivity contribution in [2.24, 2.45) is 0 Å². The molecule has 0 atom stereocenters. The number of nitrogens with one attached hydrogen (secondary N) is 3. The van der Waals surface area contributed by atoms with Crippen molar-refractivity contribution in [3.05, 3.63) is 93.0 Å². The van der Waals surface area contributed by atoms with Crippen molar-refractivity contribution in [3.8, 4) is 23.0 Å². The smallest absolute Gasteiger partial charge is 0.412 e. The summed E-state index contributed by atoms with van der Waals surface area (Å²) in [6.07, 6.45) is 6.85. The molecule has 0 bridgehead atoms. The van der Waals surface area contributed by atoms with Crippen LogP contribution in [0.2, 0.25) is 0 Å². The van der Waals surface area contributed by atoms with Gasteiger partial charge in [0.25, 0.3) is 0 Å². The van der Waals surface area contributed by atoms with Crippen LogP contribution in [-0.4, -0.2) is 61.5 Å². The van der Waals surface area contributed by atoms with Crippen LogP contribution in [0.5, 0.6) is 23.0 Å². The molecule has 0 aliphatic rings. The molecule has 0 unspecified atom stereocenters. The molecule has 0 saturated heterocycles. The fraction of sp³-hybridized carbons (Fsp3) is 0.557. The highest BCUT2D eigenvalue weighted by molar-refractivity contribution is 5.87. The van der Waals surface area contributed by atoms with Crippen molar-refractivity contribution >= 4 is 41.0 Å². The van der Waals surface area contributed by atoms with E-state index in [0.29, 0.717) is 72.8 Å². The summed E-state index contributed by atoms with van der Waals surface area (Å²) >= 11 is 0. The first-order chi connectivity index (χ1) is 35.3. The lowest BCUT2D eigenvalue weighted by atomic mass is 9.92. The van der Waals surface area contributed by atoms with Gasteiger partial charge < -0.3 is 38.9 Å². The van der Waals surface area contributed by atoms with Crippen LogP contribution < -0.4 is 40.6 Å². The average molecular weight is 1040 g/mol. The second-order valence-corrected chi connectivity index (χ2v) is 22.3. The SMILES string of the molecule is CCCCOc1c(C)cc(NC(=O)OC(C)(C)C)cc1Cc1cc(NC(=O)OC(C)(C)C)cc(Cc2cc(NC(=O)OC(C)(C)C)cc(Cc3cc(N)cc(CC)c3OCCCC)c2OCCCC)c1OCCCC. The maximum Gasteiger partial charge on any atom is 0.412 e. The number of ether oxygens (including phenoxy) is 7. The van der Waals surface area contributed by atoms with Crippen molar-refractivity contribution in [2.45, 2.75) is 198 Å². The summed E-state index contributed by atoms with van der Waals surface area (Å²) in [6, 6.07) is 15.4. The van der Waals surface area contributed by atoms with Crippen LogP contribution in [0.4, 0.5) is 37.1 Å². The van der Waals surface area contributed by atoms with Crippen molar-refractivity contribution in [1.29, 1.82) is 0 Å². The number of rotatable bonds is 26. The van der Waals surface area contributed by atoms with E-state index in [4.69, 9.17) is 38.9 Å². The molecule has 414 valence electrons. The average Bonchev–Trinajstić information content (AvgIpc) is 3.27. The highest BCUT2D eigenvalue weighted by Crippen LogP contribution is 2.41. The molecule has 0 aliphatic heterocycles. The van der Waals surface area contributed by atoms with Gasteiger partial charge in [0.05, 0.1) is 26.4 Å². The van der Waals surface area contributed by atoms with Gasteiger partial charge in [-0.25, -0.2) is 14.4 Å².